The van der Waals surface area contributed by atoms with Crippen molar-refractivity contribution < 1.29 is 13.7 Å². The molecule has 4 aromatic rings. The van der Waals surface area contributed by atoms with Gasteiger partial charge in [0.2, 0.25) is 11.8 Å². The highest BCUT2D eigenvalue weighted by molar-refractivity contribution is 7.99. The van der Waals surface area contributed by atoms with E-state index < -0.39 is 5.54 Å². The van der Waals surface area contributed by atoms with Crippen molar-refractivity contribution in [2.75, 3.05) is 5.75 Å². The minimum absolute atomic E-state index is 0.112. The lowest BCUT2D eigenvalue weighted by atomic mass is 9.96. The van der Waals surface area contributed by atoms with Gasteiger partial charge in [0.15, 0.2) is 16.8 Å². The van der Waals surface area contributed by atoms with Crippen LogP contribution in [-0.2, 0) is 10.3 Å². The van der Waals surface area contributed by atoms with E-state index in [4.69, 9.17) is 4.52 Å². The van der Waals surface area contributed by atoms with E-state index in [0.717, 1.165) is 31.4 Å². The van der Waals surface area contributed by atoms with Gasteiger partial charge in [0.05, 0.1) is 11.3 Å². The Morgan fingerprint density at radius 2 is 1.85 bits per heavy atom. The van der Waals surface area contributed by atoms with E-state index in [2.05, 4.69) is 25.7 Å². The Hall–Kier alpha value is -3.53. The van der Waals surface area contributed by atoms with Crippen molar-refractivity contribution in [1.29, 1.82) is 0 Å². The fourth-order valence-corrected chi connectivity index (χ4v) is 5.05. The molecule has 10 heteroatoms. The van der Waals surface area contributed by atoms with Gasteiger partial charge in [-0.25, -0.2) is 4.39 Å². The van der Waals surface area contributed by atoms with Gasteiger partial charge in [0.1, 0.15) is 11.4 Å². The molecule has 8 nitrogen and oxygen atoms in total. The van der Waals surface area contributed by atoms with Crippen LogP contribution in [0.2, 0.25) is 0 Å². The number of aromatic nitrogens is 5. The number of hydrogen-bond acceptors (Lipinski definition) is 7. The zero-order chi connectivity index (χ0) is 23.5. The summed E-state index contributed by atoms with van der Waals surface area (Å²) in [6, 6.07) is 15.9. The van der Waals surface area contributed by atoms with E-state index >= 15 is 0 Å². The maximum absolute atomic E-state index is 14.6. The second-order valence-electron chi connectivity index (χ2n) is 8.22. The monoisotopic (exact) mass is 478 g/mol. The topological polar surface area (TPSA) is 98.7 Å². The molecule has 34 heavy (non-hydrogen) atoms. The summed E-state index contributed by atoms with van der Waals surface area (Å²) in [6.45, 7) is 1.74. The van der Waals surface area contributed by atoms with E-state index in [1.54, 1.807) is 29.7 Å². The molecule has 1 amide bonds. The Morgan fingerprint density at radius 1 is 1.12 bits per heavy atom. The van der Waals surface area contributed by atoms with Crippen molar-refractivity contribution in [3.8, 4) is 17.1 Å². The van der Waals surface area contributed by atoms with E-state index in [1.807, 2.05) is 30.3 Å². The van der Waals surface area contributed by atoms with Crippen molar-refractivity contribution in [1.82, 2.24) is 30.2 Å². The van der Waals surface area contributed by atoms with Crippen LogP contribution in [0.25, 0.3) is 17.1 Å². The van der Waals surface area contributed by atoms with Crippen molar-refractivity contribution in [2.45, 2.75) is 43.3 Å². The van der Waals surface area contributed by atoms with Crippen LogP contribution in [0.15, 0.2) is 64.3 Å². The van der Waals surface area contributed by atoms with Crippen LogP contribution in [0.5, 0.6) is 0 Å². The summed E-state index contributed by atoms with van der Waals surface area (Å²) in [7, 11) is 0. The second-order valence-corrected chi connectivity index (χ2v) is 9.16. The van der Waals surface area contributed by atoms with Crippen LogP contribution >= 0.6 is 11.8 Å². The number of carbonyl (C=O) groups excluding carboxylic acids is 1. The number of hydrogen-bond donors (Lipinski definition) is 1. The maximum Gasteiger partial charge on any atom is 0.231 e. The minimum atomic E-state index is -0.610. The molecule has 1 aliphatic carbocycles. The molecule has 1 fully saturated rings. The Balaban J connectivity index is 1.39. The quantitative estimate of drug-likeness (QED) is 0.392. The van der Waals surface area contributed by atoms with Gasteiger partial charge in [-0.3, -0.25) is 9.36 Å². The lowest BCUT2D eigenvalue weighted by Gasteiger charge is -2.26. The van der Waals surface area contributed by atoms with Gasteiger partial charge >= 0.3 is 0 Å². The first-order valence-corrected chi connectivity index (χ1v) is 12.0. The highest BCUT2D eigenvalue weighted by atomic mass is 32.2. The lowest BCUT2D eigenvalue weighted by Crippen LogP contribution is -2.45. The summed E-state index contributed by atoms with van der Waals surface area (Å²) in [4.78, 5) is 17.4. The van der Waals surface area contributed by atoms with Crippen molar-refractivity contribution in [3.05, 3.63) is 72.1 Å². The largest absolute Gasteiger partial charge is 0.342 e. The van der Waals surface area contributed by atoms with Gasteiger partial charge in [-0.05, 0) is 37.1 Å². The van der Waals surface area contributed by atoms with E-state index in [-0.39, 0.29) is 17.5 Å². The number of nitrogens with one attached hydrogen (secondary N) is 1. The average Bonchev–Trinajstić information content (AvgIpc) is 3.59. The summed E-state index contributed by atoms with van der Waals surface area (Å²) in [6.07, 6.45) is 3.49. The molecule has 1 N–H and O–H groups in total. The number of halogens is 1. The number of carbonyl (C=O) groups is 1. The van der Waals surface area contributed by atoms with Crippen LogP contribution in [0.1, 0.15) is 37.4 Å². The van der Waals surface area contributed by atoms with Crippen LogP contribution in [-0.4, -0.2) is 36.6 Å². The zero-order valence-electron chi connectivity index (χ0n) is 18.6. The third kappa shape index (κ3) is 4.33. The molecule has 1 aliphatic rings. The Kier molecular flexibility index (Phi) is 6.14. The number of thioether (sulfide) groups is 1. The van der Waals surface area contributed by atoms with E-state index in [0.29, 0.717) is 28.3 Å². The highest BCUT2D eigenvalue weighted by Crippen LogP contribution is 2.37. The van der Waals surface area contributed by atoms with Crippen LogP contribution in [0.3, 0.4) is 0 Å². The summed E-state index contributed by atoms with van der Waals surface area (Å²) >= 11 is 1.24. The first-order chi connectivity index (χ1) is 16.6. The molecule has 0 saturated heterocycles. The molecule has 1 saturated carbocycles. The molecule has 0 radical (unpaired) electrons. The summed E-state index contributed by atoms with van der Waals surface area (Å²) in [5, 5.41) is 16.2. The van der Waals surface area contributed by atoms with Crippen molar-refractivity contribution >= 4 is 17.7 Å². The fourth-order valence-electron chi connectivity index (χ4n) is 4.30. The van der Waals surface area contributed by atoms with Gasteiger partial charge in [-0.15, -0.1) is 10.2 Å². The van der Waals surface area contributed by atoms with Crippen molar-refractivity contribution in [2.24, 2.45) is 0 Å². The SMILES string of the molecule is Cc1nc(C2(NC(=O)CSc3nnc(-c4ccccc4F)n3-c3ccccc3)CCCC2)no1. The van der Waals surface area contributed by atoms with Gasteiger partial charge in [-0.2, -0.15) is 4.98 Å². The number of para-hydroxylation sites is 1. The standard InChI is InChI=1S/C24H23FN6O2S/c1-16-26-22(30-33-16)24(13-7-8-14-24)27-20(32)15-34-23-29-28-21(18-11-5-6-12-19(18)25)31(23)17-9-3-2-4-10-17/h2-6,9-12H,7-8,13-15H2,1H3,(H,27,32). The number of aryl methyl sites for hydroxylation is 1. The van der Waals surface area contributed by atoms with E-state index in [1.165, 1.54) is 17.8 Å². The molecule has 0 bridgehead atoms. The minimum Gasteiger partial charge on any atom is -0.342 e. The number of rotatable bonds is 7. The Bertz CT molecular complexity index is 1300. The smallest absolute Gasteiger partial charge is 0.231 e. The molecule has 174 valence electrons. The molecule has 2 heterocycles. The summed E-state index contributed by atoms with van der Waals surface area (Å²) in [5.74, 6) is 0.934. The molecular formula is C24H23FN6O2S. The number of nitrogens with zero attached hydrogens (tertiary/aromatic N) is 5. The third-order valence-corrected chi connectivity index (χ3v) is 6.82. The first-order valence-electron chi connectivity index (χ1n) is 11.1. The Morgan fingerprint density at radius 3 is 2.56 bits per heavy atom. The molecule has 2 aromatic heterocycles. The molecule has 5 rings (SSSR count). The normalized spacial score (nSPS) is 14.9. The average molecular weight is 479 g/mol. The summed E-state index contributed by atoms with van der Waals surface area (Å²) in [5.41, 5.74) is 0.511. The van der Waals surface area contributed by atoms with Crippen LogP contribution < -0.4 is 5.32 Å². The van der Waals surface area contributed by atoms with Gasteiger partial charge in [-0.1, -0.05) is 60.1 Å². The molecular weight excluding hydrogens is 455 g/mol. The fraction of sp³-hybridized carbons (Fsp3) is 0.292. The zero-order valence-corrected chi connectivity index (χ0v) is 19.4. The molecule has 0 spiro atoms. The molecule has 0 atom stereocenters. The predicted molar refractivity (Wildman–Crippen MR) is 125 cm³/mol. The van der Waals surface area contributed by atoms with Gasteiger partial charge in [0, 0.05) is 12.6 Å². The van der Waals surface area contributed by atoms with Gasteiger partial charge < -0.3 is 9.84 Å². The highest BCUT2D eigenvalue weighted by Gasteiger charge is 2.41. The molecule has 0 unspecified atom stereocenters. The van der Waals surface area contributed by atoms with Gasteiger partial charge in [0.25, 0.3) is 0 Å². The molecule has 2 aromatic carbocycles. The van der Waals surface area contributed by atoms with Crippen LogP contribution in [0.4, 0.5) is 4.39 Å². The molecule has 0 aliphatic heterocycles. The number of amides is 1. The Labute approximate surface area is 200 Å². The summed E-state index contributed by atoms with van der Waals surface area (Å²) < 4.78 is 21.5. The van der Waals surface area contributed by atoms with Crippen molar-refractivity contribution in [3.63, 3.8) is 0 Å². The first kappa shape index (κ1) is 22.3. The van der Waals surface area contributed by atoms with E-state index in [9.17, 15) is 9.18 Å². The van der Waals surface area contributed by atoms with Crippen LogP contribution in [0, 0.1) is 12.7 Å². The third-order valence-electron chi connectivity index (χ3n) is 5.89. The second kappa shape index (κ2) is 9.38. The predicted octanol–water partition coefficient (Wildman–Crippen LogP) is 4.44. The maximum atomic E-state index is 14.6. The lowest BCUT2D eigenvalue weighted by molar-refractivity contribution is -0.120. The number of benzene rings is 2.